The number of rotatable bonds is 8. The second kappa shape index (κ2) is 9.65. The van der Waals surface area contributed by atoms with Crippen LogP contribution in [0.5, 0.6) is 0 Å². The number of pyridine rings is 1. The van der Waals surface area contributed by atoms with Crippen LogP contribution in [0.3, 0.4) is 0 Å². The van der Waals surface area contributed by atoms with Crippen LogP contribution in [-0.2, 0) is 21.4 Å². The van der Waals surface area contributed by atoms with Gasteiger partial charge in [0.15, 0.2) is 0 Å². The van der Waals surface area contributed by atoms with Crippen molar-refractivity contribution in [2.45, 2.75) is 11.5 Å². The van der Waals surface area contributed by atoms with Crippen molar-refractivity contribution in [3.63, 3.8) is 0 Å². The van der Waals surface area contributed by atoms with Crippen LogP contribution < -0.4 is 10.9 Å². The number of hydrogen-bond acceptors (Lipinski definition) is 8. The first-order valence-electron chi connectivity index (χ1n) is 9.40. The summed E-state index contributed by atoms with van der Waals surface area (Å²) in [4.78, 5) is 29.2. The van der Waals surface area contributed by atoms with E-state index in [-0.39, 0.29) is 35.9 Å². The molecule has 0 saturated carbocycles. The van der Waals surface area contributed by atoms with Gasteiger partial charge in [0, 0.05) is 38.6 Å². The van der Waals surface area contributed by atoms with E-state index in [1.54, 1.807) is 12.1 Å². The van der Waals surface area contributed by atoms with E-state index in [1.807, 2.05) is 0 Å². The summed E-state index contributed by atoms with van der Waals surface area (Å²) < 4.78 is 32.5. The zero-order valence-corrected chi connectivity index (χ0v) is 18.9. The number of aromatic nitrogens is 2. The quantitative estimate of drug-likeness (QED) is 0.462. The van der Waals surface area contributed by atoms with Crippen LogP contribution in [0.25, 0.3) is 5.65 Å². The van der Waals surface area contributed by atoms with E-state index in [4.69, 9.17) is 21.4 Å². The fourth-order valence-electron chi connectivity index (χ4n) is 2.83. The molecule has 2 N–H and O–H groups in total. The van der Waals surface area contributed by atoms with Crippen molar-refractivity contribution in [1.82, 2.24) is 13.7 Å². The van der Waals surface area contributed by atoms with E-state index >= 15 is 0 Å². The molecule has 0 unspecified atom stereocenters. The molecule has 0 spiro atoms. The van der Waals surface area contributed by atoms with Gasteiger partial charge in [0.2, 0.25) is 10.0 Å². The summed E-state index contributed by atoms with van der Waals surface area (Å²) in [5.41, 5.74) is 0.409. The molecule has 2 heterocycles. The van der Waals surface area contributed by atoms with Crippen LogP contribution in [0.15, 0.2) is 52.3 Å². The maximum absolute atomic E-state index is 12.8. The number of halogens is 1. The highest BCUT2D eigenvalue weighted by molar-refractivity contribution is 7.89. The Hall–Kier alpha value is -2.99. The number of esters is 1. The number of carbonyl (C=O) groups is 1. The molecule has 0 radical (unpaired) electrons. The van der Waals surface area contributed by atoms with Gasteiger partial charge in [0.25, 0.3) is 5.56 Å². The van der Waals surface area contributed by atoms with Crippen molar-refractivity contribution in [2.24, 2.45) is 0 Å². The summed E-state index contributed by atoms with van der Waals surface area (Å²) in [5, 5.41) is 12.3. The van der Waals surface area contributed by atoms with E-state index in [1.165, 1.54) is 49.0 Å². The highest BCUT2D eigenvalue weighted by atomic mass is 35.5. The van der Waals surface area contributed by atoms with Crippen LogP contribution in [-0.4, -0.2) is 60.4 Å². The van der Waals surface area contributed by atoms with Crippen LogP contribution in [0.4, 0.5) is 5.69 Å². The van der Waals surface area contributed by atoms with E-state index in [0.717, 1.165) is 4.31 Å². The minimum atomic E-state index is -3.79. The summed E-state index contributed by atoms with van der Waals surface area (Å²) in [6, 6.07) is 8.32. The lowest BCUT2D eigenvalue weighted by Crippen LogP contribution is -2.23. The van der Waals surface area contributed by atoms with Crippen molar-refractivity contribution in [3.8, 4) is 0 Å². The minimum Gasteiger partial charge on any atom is -0.456 e. The number of aliphatic hydroxyl groups is 1. The molecule has 0 saturated heterocycles. The van der Waals surface area contributed by atoms with Crippen molar-refractivity contribution >= 4 is 38.9 Å². The average molecular weight is 481 g/mol. The average Bonchev–Trinajstić information content (AvgIpc) is 2.76. The topological polar surface area (TPSA) is 130 Å². The van der Waals surface area contributed by atoms with Crippen molar-refractivity contribution in [3.05, 3.63) is 69.2 Å². The number of fused-ring (bicyclic) bond motifs is 1. The first kappa shape index (κ1) is 23.7. The third kappa shape index (κ3) is 5.07. The number of carbonyl (C=O) groups excluding carboxylic acids is 1. The zero-order chi connectivity index (χ0) is 23.5. The van der Waals surface area contributed by atoms with Crippen molar-refractivity contribution in [2.75, 3.05) is 32.6 Å². The molecule has 0 aliphatic carbocycles. The highest BCUT2D eigenvalue weighted by Crippen LogP contribution is 2.23. The number of nitrogens with one attached hydrogen (secondary N) is 1. The lowest BCUT2D eigenvalue weighted by molar-refractivity contribution is 0.0468. The number of nitrogens with zero attached hydrogens (tertiary/aromatic N) is 3. The Morgan fingerprint density at radius 1 is 1.25 bits per heavy atom. The molecule has 170 valence electrons. The molecule has 0 aliphatic heterocycles. The Balaban J connectivity index is 1.90. The predicted octanol–water partition coefficient (Wildman–Crippen LogP) is 1.36. The van der Waals surface area contributed by atoms with Gasteiger partial charge in [-0.2, -0.15) is 0 Å². The fraction of sp³-hybridized carbons (Fsp3) is 0.250. The lowest BCUT2D eigenvalue weighted by Gasteiger charge is -2.15. The normalized spacial score (nSPS) is 11.7. The molecule has 0 bridgehead atoms. The summed E-state index contributed by atoms with van der Waals surface area (Å²) in [5.74, 6) is -0.820. The first-order valence-corrected chi connectivity index (χ1v) is 11.2. The SMILES string of the molecule is CN(C)S(=O)(=O)c1ccc(NCCO)c(C(=O)OCc2cc(=O)n3cc(Cl)ccc3n2)c1. The molecular weight excluding hydrogens is 460 g/mol. The maximum atomic E-state index is 12.8. The molecule has 0 amide bonds. The number of ether oxygens (including phenoxy) is 1. The Morgan fingerprint density at radius 3 is 2.69 bits per heavy atom. The van der Waals surface area contributed by atoms with Crippen LogP contribution in [0, 0.1) is 0 Å². The molecule has 32 heavy (non-hydrogen) atoms. The van der Waals surface area contributed by atoms with E-state index in [2.05, 4.69) is 10.3 Å². The zero-order valence-electron chi connectivity index (χ0n) is 17.3. The van der Waals surface area contributed by atoms with Gasteiger partial charge in [-0.05, 0) is 30.3 Å². The van der Waals surface area contributed by atoms with Gasteiger partial charge in [-0.1, -0.05) is 11.6 Å². The molecule has 0 aliphatic rings. The largest absolute Gasteiger partial charge is 0.456 e. The molecule has 10 nitrogen and oxygen atoms in total. The standard InChI is InChI=1S/C20H21ClN4O6S/c1-24(2)32(29,30)15-4-5-17(22-7-8-26)16(10-15)20(28)31-12-14-9-19(27)25-11-13(21)3-6-18(25)23-14/h3-6,9-11,22,26H,7-8,12H2,1-2H3. The van der Waals surface area contributed by atoms with Crippen LogP contribution in [0.2, 0.25) is 5.02 Å². The fourth-order valence-corrected chi connectivity index (χ4v) is 3.91. The van der Waals surface area contributed by atoms with Gasteiger partial charge in [-0.15, -0.1) is 0 Å². The second-order valence-electron chi connectivity index (χ2n) is 6.88. The molecule has 0 fully saturated rings. The third-order valence-corrected chi connectivity index (χ3v) is 6.48. The van der Waals surface area contributed by atoms with E-state index in [0.29, 0.717) is 16.4 Å². The molecule has 2 aromatic heterocycles. The van der Waals surface area contributed by atoms with Crippen LogP contribution in [0.1, 0.15) is 16.1 Å². The molecule has 1 aromatic carbocycles. The minimum absolute atomic E-state index is 0.0364. The lowest BCUT2D eigenvalue weighted by atomic mass is 10.1. The van der Waals surface area contributed by atoms with Gasteiger partial charge in [0.05, 0.1) is 27.8 Å². The summed E-state index contributed by atoms with van der Waals surface area (Å²) >= 11 is 5.89. The number of anilines is 1. The Morgan fingerprint density at radius 2 is 2.00 bits per heavy atom. The Labute approximate surface area is 189 Å². The first-order chi connectivity index (χ1) is 15.1. The number of hydrogen-bond donors (Lipinski definition) is 2. The number of aliphatic hydroxyl groups excluding tert-OH is 1. The number of sulfonamides is 1. The third-order valence-electron chi connectivity index (χ3n) is 4.44. The smallest absolute Gasteiger partial charge is 0.340 e. The van der Waals surface area contributed by atoms with E-state index < -0.39 is 21.6 Å². The Kier molecular flexibility index (Phi) is 7.14. The highest BCUT2D eigenvalue weighted by Gasteiger charge is 2.22. The molecule has 3 rings (SSSR count). The van der Waals surface area contributed by atoms with Gasteiger partial charge in [-0.25, -0.2) is 22.5 Å². The van der Waals surface area contributed by atoms with E-state index in [9.17, 15) is 18.0 Å². The van der Waals surface area contributed by atoms with Gasteiger partial charge in [0.1, 0.15) is 12.3 Å². The predicted molar refractivity (Wildman–Crippen MR) is 118 cm³/mol. The molecular formula is C20H21ClN4O6S. The Bertz CT molecular complexity index is 1320. The summed E-state index contributed by atoms with van der Waals surface area (Å²) in [6.45, 7) is -0.357. The van der Waals surface area contributed by atoms with Crippen molar-refractivity contribution in [1.29, 1.82) is 0 Å². The van der Waals surface area contributed by atoms with Crippen molar-refractivity contribution < 1.29 is 23.1 Å². The molecule has 0 atom stereocenters. The second-order valence-corrected chi connectivity index (χ2v) is 9.47. The maximum Gasteiger partial charge on any atom is 0.340 e. The molecule has 12 heteroatoms. The van der Waals surface area contributed by atoms with Gasteiger partial charge in [-0.3, -0.25) is 9.20 Å². The number of benzene rings is 1. The van der Waals surface area contributed by atoms with Crippen LogP contribution >= 0.6 is 11.6 Å². The monoisotopic (exact) mass is 480 g/mol. The van der Waals surface area contributed by atoms with Gasteiger partial charge >= 0.3 is 5.97 Å². The summed E-state index contributed by atoms with van der Waals surface area (Å²) in [6.07, 6.45) is 1.43. The summed E-state index contributed by atoms with van der Waals surface area (Å²) in [7, 11) is -1.03. The van der Waals surface area contributed by atoms with Gasteiger partial charge < -0.3 is 15.2 Å². The molecule has 3 aromatic rings.